The molecule has 0 saturated heterocycles. The molecular weight excluding hydrogens is 347 g/mol. The van der Waals surface area contributed by atoms with Crippen LogP contribution < -0.4 is 5.32 Å². The number of amides is 1. The summed E-state index contributed by atoms with van der Waals surface area (Å²) in [7, 11) is 0. The van der Waals surface area contributed by atoms with Gasteiger partial charge in [-0.3, -0.25) is 9.78 Å². The van der Waals surface area contributed by atoms with E-state index in [0.717, 1.165) is 5.56 Å². The fourth-order valence-corrected chi connectivity index (χ4v) is 2.64. The van der Waals surface area contributed by atoms with E-state index in [0.29, 0.717) is 29.4 Å². The van der Waals surface area contributed by atoms with Gasteiger partial charge in [0.2, 0.25) is 0 Å². The van der Waals surface area contributed by atoms with Gasteiger partial charge < -0.3 is 9.73 Å². The topological polar surface area (TPSA) is 73.0 Å². The third kappa shape index (κ3) is 3.62. The fraction of sp³-hybridized carbons (Fsp3) is 0.0500. The summed E-state index contributed by atoms with van der Waals surface area (Å²) in [6.45, 7) is 0.353. The van der Waals surface area contributed by atoms with Crippen molar-refractivity contribution in [3.63, 3.8) is 0 Å². The standard InChI is InChI=1S/C20H15FN4O2/c21-15-3-5-16(6-4-15)25-18(12-17(24-25)19-2-1-11-27-19)20(26)23-13-14-7-9-22-10-8-14/h1-12H,13H2,(H,23,26). The summed E-state index contributed by atoms with van der Waals surface area (Å²) in [5, 5.41) is 7.32. The summed E-state index contributed by atoms with van der Waals surface area (Å²) in [6, 6.07) is 14.6. The number of carbonyl (C=O) groups is 1. The van der Waals surface area contributed by atoms with Gasteiger partial charge in [-0.2, -0.15) is 5.10 Å². The highest BCUT2D eigenvalue weighted by atomic mass is 19.1. The molecule has 0 fully saturated rings. The number of carbonyl (C=O) groups excluding carboxylic acids is 1. The second-order valence-corrected chi connectivity index (χ2v) is 5.82. The number of hydrogen-bond donors (Lipinski definition) is 1. The van der Waals surface area contributed by atoms with Crippen LogP contribution >= 0.6 is 0 Å². The Kier molecular flexibility index (Phi) is 4.49. The monoisotopic (exact) mass is 362 g/mol. The Balaban J connectivity index is 1.67. The van der Waals surface area contributed by atoms with Crippen LogP contribution in [-0.4, -0.2) is 20.7 Å². The molecule has 0 saturated carbocycles. The minimum Gasteiger partial charge on any atom is -0.463 e. The number of aromatic nitrogens is 3. The van der Waals surface area contributed by atoms with Crippen molar-refractivity contribution in [3.8, 4) is 17.1 Å². The maximum absolute atomic E-state index is 13.3. The van der Waals surface area contributed by atoms with Gasteiger partial charge in [0.1, 0.15) is 17.2 Å². The Bertz CT molecular complexity index is 1040. The number of hydrogen-bond acceptors (Lipinski definition) is 4. The molecule has 3 heterocycles. The zero-order valence-corrected chi connectivity index (χ0v) is 14.2. The van der Waals surface area contributed by atoms with E-state index in [1.54, 1.807) is 42.7 Å². The maximum Gasteiger partial charge on any atom is 0.270 e. The minimum atomic E-state index is -0.360. The molecule has 27 heavy (non-hydrogen) atoms. The van der Waals surface area contributed by atoms with Crippen molar-refractivity contribution in [1.29, 1.82) is 0 Å². The van der Waals surface area contributed by atoms with Crippen LogP contribution in [0.3, 0.4) is 0 Å². The molecule has 4 rings (SSSR count). The predicted octanol–water partition coefficient (Wildman–Crippen LogP) is 3.60. The van der Waals surface area contributed by atoms with Crippen molar-refractivity contribution in [1.82, 2.24) is 20.1 Å². The third-order valence-corrected chi connectivity index (χ3v) is 3.99. The lowest BCUT2D eigenvalue weighted by atomic mass is 10.2. The lowest BCUT2D eigenvalue weighted by Crippen LogP contribution is -2.25. The van der Waals surface area contributed by atoms with Gasteiger partial charge in [-0.1, -0.05) is 0 Å². The molecule has 0 unspecified atom stereocenters. The first-order valence-electron chi connectivity index (χ1n) is 8.28. The van der Waals surface area contributed by atoms with E-state index in [4.69, 9.17) is 4.42 Å². The SMILES string of the molecule is O=C(NCc1ccncc1)c1cc(-c2ccco2)nn1-c1ccc(F)cc1. The molecule has 3 aromatic heterocycles. The second kappa shape index (κ2) is 7.25. The molecule has 0 radical (unpaired) electrons. The predicted molar refractivity (Wildman–Crippen MR) is 96.6 cm³/mol. The fourth-order valence-electron chi connectivity index (χ4n) is 2.64. The lowest BCUT2D eigenvalue weighted by molar-refractivity contribution is 0.0943. The molecule has 0 aliphatic rings. The summed E-state index contributed by atoms with van der Waals surface area (Å²) in [5.41, 5.74) is 2.33. The highest BCUT2D eigenvalue weighted by Gasteiger charge is 2.18. The molecule has 1 aromatic carbocycles. The molecule has 0 aliphatic carbocycles. The highest BCUT2D eigenvalue weighted by molar-refractivity contribution is 5.94. The van der Waals surface area contributed by atoms with Crippen LogP contribution in [0, 0.1) is 5.82 Å². The van der Waals surface area contributed by atoms with E-state index in [-0.39, 0.29) is 11.7 Å². The van der Waals surface area contributed by atoms with Gasteiger partial charge in [-0.05, 0) is 54.1 Å². The van der Waals surface area contributed by atoms with E-state index in [1.165, 1.54) is 23.1 Å². The zero-order valence-electron chi connectivity index (χ0n) is 14.2. The van der Waals surface area contributed by atoms with Gasteiger partial charge in [-0.15, -0.1) is 0 Å². The van der Waals surface area contributed by atoms with Gasteiger partial charge >= 0.3 is 0 Å². The first-order valence-corrected chi connectivity index (χ1v) is 8.28. The smallest absolute Gasteiger partial charge is 0.270 e. The number of benzene rings is 1. The number of halogens is 1. The molecule has 1 amide bonds. The summed E-state index contributed by atoms with van der Waals surface area (Å²) in [6.07, 6.45) is 4.87. The first-order chi connectivity index (χ1) is 13.2. The van der Waals surface area contributed by atoms with Gasteiger partial charge in [0.05, 0.1) is 12.0 Å². The Morgan fingerprint density at radius 2 is 1.89 bits per heavy atom. The van der Waals surface area contributed by atoms with Gasteiger partial charge in [0.25, 0.3) is 5.91 Å². The molecule has 0 atom stereocenters. The largest absolute Gasteiger partial charge is 0.463 e. The molecule has 0 spiro atoms. The van der Waals surface area contributed by atoms with Crippen LogP contribution in [0.4, 0.5) is 4.39 Å². The van der Waals surface area contributed by atoms with E-state index < -0.39 is 0 Å². The van der Waals surface area contributed by atoms with Crippen molar-refractivity contribution < 1.29 is 13.6 Å². The number of nitrogens with zero attached hydrogens (tertiary/aromatic N) is 3. The van der Waals surface area contributed by atoms with E-state index in [2.05, 4.69) is 15.4 Å². The van der Waals surface area contributed by atoms with Gasteiger partial charge in [0.15, 0.2) is 5.76 Å². The number of rotatable bonds is 5. The molecule has 134 valence electrons. The molecule has 0 aliphatic heterocycles. The van der Waals surface area contributed by atoms with Crippen LogP contribution in [0.1, 0.15) is 16.1 Å². The molecule has 0 bridgehead atoms. The van der Waals surface area contributed by atoms with E-state index in [9.17, 15) is 9.18 Å². The van der Waals surface area contributed by atoms with Crippen molar-refractivity contribution in [2.24, 2.45) is 0 Å². The summed E-state index contributed by atoms with van der Waals surface area (Å²) >= 11 is 0. The molecule has 1 N–H and O–H groups in total. The lowest BCUT2D eigenvalue weighted by Gasteiger charge is -2.08. The van der Waals surface area contributed by atoms with Crippen LogP contribution in [0.15, 0.2) is 77.7 Å². The number of nitrogens with one attached hydrogen (secondary N) is 1. The zero-order chi connectivity index (χ0) is 18.6. The van der Waals surface area contributed by atoms with Gasteiger partial charge in [-0.25, -0.2) is 9.07 Å². The van der Waals surface area contributed by atoms with Crippen molar-refractivity contribution in [3.05, 3.63) is 90.3 Å². The van der Waals surface area contributed by atoms with Crippen molar-refractivity contribution in [2.45, 2.75) is 6.54 Å². The quantitative estimate of drug-likeness (QED) is 0.589. The number of pyridine rings is 1. The highest BCUT2D eigenvalue weighted by Crippen LogP contribution is 2.22. The Morgan fingerprint density at radius 3 is 2.59 bits per heavy atom. The van der Waals surface area contributed by atoms with Crippen LogP contribution in [0.2, 0.25) is 0 Å². The Hall–Kier alpha value is -3.74. The van der Waals surface area contributed by atoms with E-state index >= 15 is 0 Å². The third-order valence-electron chi connectivity index (χ3n) is 3.99. The minimum absolute atomic E-state index is 0.304. The van der Waals surface area contributed by atoms with Crippen molar-refractivity contribution in [2.75, 3.05) is 0 Å². The van der Waals surface area contributed by atoms with Crippen LogP contribution in [-0.2, 0) is 6.54 Å². The first kappa shape index (κ1) is 16.7. The second-order valence-electron chi connectivity index (χ2n) is 5.82. The average Bonchev–Trinajstić information content (AvgIpc) is 3.37. The van der Waals surface area contributed by atoms with Crippen LogP contribution in [0.5, 0.6) is 0 Å². The molecule has 4 aromatic rings. The van der Waals surface area contributed by atoms with E-state index in [1.807, 2.05) is 12.1 Å². The van der Waals surface area contributed by atoms with Crippen LogP contribution in [0.25, 0.3) is 17.1 Å². The Labute approximate surface area is 154 Å². The van der Waals surface area contributed by atoms with Crippen molar-refractivity contribution >= 4 is 5.91 Å². The summed E-state index contributed by atoms with van der Waals surface area (Å²) in [4.78, 5) is 16.7. The molecule has 6 nitrogen and oxygen atoms in total. The normalized spacial score (nSPS) is 10.7. The molecular formula is C20H15FN4O2. The Morgan fingerprint density at radius 1 is 1.11 bits per heavy atom. The molecule has 7 heteroatoms. The van der Waals surface area contributed by atoms with Gasteiger partial charge in [0, 0.05) is 25.0 Å². The maximum atomic E-state index is 13.3. The average molecular weight is 362 g/mol. The number of furan rings is 1. The summed E-state index contributed by atoms with van der Waals surface area (Å²) in [5.74, 6) is -0.124. The summed E-state index contributed by atoms with van der Waals surface area (Å²) < 4.78 is 20.1.